The summed E-state index contributed by atoms with van der Waals surface area (Å²) in [6, 6.07) is 9.47. The highest BCUT2D eigenvalue weighted by molar-refractivity contribution is 5.74. The number of nitrogens with one attached hydrogen (secondary N) is 1. The van der Waals surface area contributed by atoms with E-state index in [2.05, 4.69) is 16.3 Å². The van der Waals surface area contributed by atoms with Crippen LogP contribution in [0.5, 0.6) is 0 Å². The highest BCUT2D eigenvalue weighted by Gasteiger charge is 2.22. The van der Waals surface area contributed by atoms with Gasteiger partial charge in [-0.3, -0.25) is 4.79 Å². The Balaban J connectivity index is 1.80. The summed E-state index contributed by atoms with van der Waals surface area (Å²) in [5.41, 5.74) is 1.54. The van der Waals surface area contributed by atoms with E-state index in [1.165, 1.54) is 0 Å². The van der Waals surface area contributed by atoms with Gasteiger partial charge in [0, 0.05) is 39.1 Å². The number of benzene rings is 1. The molecule has 0 aromatic heterocycles. The molecule has 0 bridgehead atoms. The maximum atomic E-state index is 12.0. The first kappa shape index (κ1) is 16.6. The number of anilines is 1. The monoisotopic (exact) mass is 316 g/mol. The zero-order chi connectivity index (χ0) is 16.7. The number of nitrogens with zero attached hydrogens (tertiary/aromatic N) is 3. The molecule has 1 fully saturated rings. The first-order valence-electron chi connectivity index (χ1n) is 7.60. The number of amides is 2. The number of carboxylic acid groups (broad SMARTS) is 1. The van der Waals surface area contributed by atoms with E-state index in [0.29, 0.717) is 44.7 Å². The standard InChI is InChI=1S/C16H20N4O3/c17-12-13-4-1-2-5-14(13)19-8-10-20(11-9-19)16(23)18-7-3-6-15(21)22/h1-2,4-5H,3,6-11H2,(H,18,23)(H,21,22). The number of hydrogen-bond acceptors (Lipinski definition) is 4. The topological polar surface area (TPSA) is 96.7 Å². The summed E-state index contributed by atoms with van der Waals surface area (Å²) in [6.07, 6.45) is 0.482. The summed E-state index contributed by atoms with van der Waals surface area (Å²) < 4.78 is 0. The predicted octanol–water partition coefficient (Wildman–Crippen LogP) is 1.25. The molecular weight excluding hydrogens is 296 g/mol. The van der Waals surface area contributed by atoms with Crippen LogP contribution in [0.1, 0.15) is 18.4 Å². The molecule has 0 atom stereocenters. The van der Waals surface area contributed by atoms with Gasteiger partial charge in [-0.1, -0.05) is 12.1 Å². The minimum absolute atomic E-state index is 0.0546. The van der Waals surface area contributed by atoms with Crippen LogP contribution in [0.4, 0.5) is 10.5 Å². The van der Waals surface area contributed by atoms with Crippen LogP contribution in [-0.4, -0.2) is 54.7 Å². The molecule has 7 heteroatoms. The number of carboxylic acids is 1. The average Bonchev–Trinajstić information content (AvgIpc) is 2.58. The third-order valence-electron chi connectivity index (χ3n) is 3.78. The van der Waals surface area contributed by atoms with Gasteiger partial charge in [-0.2, -0.15) is 5.26 Å². The molecule has 1 aliphatic heterocycles. The molecule has 0 unspecified atom stereocenters. The number of nitriles is 1. The summed E-state index contributed by atoms with van der Waals surface area (Å²) in [5, 5.41) is 20.4. The maximum Gasteiger partial charge on any atom is 0.317 e. The van der Waals surface area contributed by atoms with Crippen molar-refractivity contribution in [3.63, 3.8) is 0 Å². The van der Waals surface area contributed by atoms with Crippen LogP contribution in [0.25, 0.3) is 0 Å². The quantitative estimate of drug-likeness (QED) is 0.797. The van der Waals surface area contributed by atoms with Gasteiger partial charge < -0.3 is 20.2 Å². The van der Waals surface area contributed by atoms with Crippen molar-refractivity contribution < 1.29 is 14.7 Å². The smallest absolute Gasteiger partial charge is 0.317 e. The summed E-state index contributed by atoms with van der Waals surface area (Å²) in [5.74, 6) is -0.857. The molecule has 23 heavy (non-hydrogen) atoms. The van der Waals surface area contributed by atoms with Crippen LogP contribution in [0.3, 0.4) is 0 Å². The van der Waals surface area contributed by atoms with Crippen molar-refractivity contribution in [3.05, 3.63) is 29.8 Å². The second-order valence-electron chi connectivity index (χ2n) is 5.33. The van der Waals surface area contributed by atoms with Gasteiger partial charge in [0.1, 0.15) is 6.07 Å². The Labute approximate surface area is 135 Å². The van der Waals surface area contributed by atoms with Gasteiger partial charge in [-0.15, -0.1) is 0 Å². The second kappa shape index (κ2) is 8.03. The lowest BCUT2D eigenvalue weighted by atomic mass is 10.1. The molecular formula is C16H20N4O3. The normalized spacial score (nSPS) is 14.2. The first-order chi connectivity index (χ1) is 11.1. The van der Waals surface area contributed by atoms with Crippen molar-refractivity contribution in [3.8, 4) is 6.07 Å². The molecule has 1 saturated heterocycles. The molecule has 1 aromatic carbocycles. The molecule has 1 aliphatic rings. The fraction of sp³-hybridized carbons (Fsp3) is 0.438. The van der Waals surface area contributed by atoms with E-state index < -0.39 is 5.97 Å². The molecule has 2 rings (SSSR count). The number of carbonyl (C=O) groups excluding carboxylic acids is 1. The largest absolute Gasteiger partial charge is 0.481 e. The van der Waals surface area contributed by atoms with Crippen LogP contribution < -0.4 is 10.2 Å². The molecule has 7 nitrogen and oxygen atoms in total. The number of piperazine rings is 1. The number of carbonyl (C=O) groups is 2. The van der Waals surface area contributed by atoms with Crippen molar-refractivity contribution in [2.75, 3.05) is 37.6 Å². The molecule has 0 spiro atoms. The Morgan fingerprint density at radius 1 is 1.22 bits per heavy atom. The van der Waals surface area contributed by atoms with E-state index in [1.807, 2.05) is 18.2 Å². The van der Waals surface area contributed by atoms with Crippen LogP contribution in [0, 0.1) is 11.3 Å². The van der Waals surface area contributed by atoms with Crippen LogP contribution in [0.15, 0.2) is 24.3 Å². The third kappa shape index (κ3) is 4.61. The van der Waals surface area contributed by atoms with Gasteiger partial charge >= 0.3 is 12.0 Å². The van der Waals surface area contributed by atoms with Gasteiger partial charge in [0.05, 0.1) is 11.3 Å². The summed E-state index contributed by atoms with van der Waals surface area (Å²) in [6.45, 7) is 2.85. The number of para-hydroxylation sites is 1. The van der Waals surface area contributed by atoms with Crippen LogP contribution in [0.2, 0.25) is 0 Å². The van der Waals surface area contributed by atoms with E-state index in [4.69, 9.17) is 10.4 Å². The van der Waals surface area contributed by atoms with Gasteiger partial charge in [0.15, 0.2) is 0 Å². The molecule has 2 N–H and O–H groups in total. The fourth-order valence-electron chi connectivity index (χ4n) is 2.54. The summed E-state index contributed by atoms with van der Waals surface area (Å²) >= 11 is 0. The zero-order valence-electron chi connectivity index (χ0n) is 12.9. The minimum Gasteiger partial charge on any atom is -0.481 e. The van der Waals surface area contributed by atoms with Gasteiger partial charge in [0.25, 0.3) is 0 Å². The Bertz CT molecular complexity index is 604. The van der Waals surface area contributed by atoms with Crippen molar-refractivity contribution in [2.45, 2.75) is 12.8 Å². The molecule has 2 amide bonds. The molecule has 1 heterocycles. The average molecular weight is 316 g/mol. The Hall–Kier alpha value is -2.75. The maximum absolute atomic E-state index is 12.0. The van der Waals surface area contributed by atoms with Gasteiger partial charge in [0.2, 0.25) is 0 Å². The van der Waals surface area contributed by atoms with E-state index in [9.17, 15) is 9.59 Å². The fourth-order valence-corrected chi connectivity index (χ4v) is 2.54. The van der Waals surface area contributed by atoms with Crippen LogP contribution >= 0.6 is 0 Å². The third-order valence-corrected chi connectivity index (χ3v) is 3.78. The molecule has 0 aliphatic carbocycles. The summed E-state index contributed by atoms with van der Waals surface area (Å²) in [4.78, 5) is 26.2. The van der Waals surface area contributed by atoms with Gasteiger partial charge in [-0.25, -0.2) is 4.79 Å². The van der Waals surface area contributed by atoms with E-state index >= 15 is 0 Å². The molecule has 0 radical (unpaired) electrons. The number of rotatable bonds is 5. The van der Waals surface area contributed by atoms with E-state index in [1.54, 1.807) is 11.0 Å². The number of urea groups is 1. The second-order valence-corrected chi connectivity index (χ2v) is 5.33. The summed E-state index contributed by atoms with van der Waals surface area (Å²) in [7, 11) is 0. The minimum atomic E-state index is -0.857. The van der Waals surface area contributed by atoms with Crippen LogP contribution in [-0.2, 0) is 4.79 Å². The number of hydrogen-bond donors (Lipinski definition) is 2. The molecule has 0 saturated carbocycles. The Kier molecular flexibility index (Phi) is 5.80. The van der Waals surface area contributed by atoms with E-state index in [0.717, 1.165) is 5.69 Å². The molecule has 1 aromatic rings. The highest BCUT2D eigenvalue weighted by Crippen LogP contribution is 2.20. The van der Waals surface area contributed by atoms with Crippen molar-refractivity contribution in [2.24, 2.45) is 0 Å². The van der Waals surface area contributed by atoms with Crippen molar-refractivity contribution in [1.29, 1.82) is 5.26 Å². The van der Waals surface area contributed by atoms with Gasteiger partial charge in [-0.05, 0) is 18.6 Å². The first-order valence-corrected chi connectivity index (χ1v) is 7.60. The number of aliphatic carboxylic acids is 1. The Morgan fingerprint density at radius 2 is 1.91 bits per heavy atom. The predicted molar refractivity (Wildman–Crippen MR) is 85.2 cm³/mol. The lowest BCUT2D eigenvalue weighted by Crippen LogP contribution is -2.52. The zero-order valence-corrected chi connectivity index (χ0v) is 12.9. The molecule has 122 valence electrons. The van der Waals surface area contributed by atoms with Crippen molar-refractivity contribution in [1.82, 2.24) is 10.2 Å². The van der Waals surface area contributed by atoms with E-state index in [-0.39, 0.29) is 12.5 Å². The lowest BCUT2D eigenvalue weighted by molar-refractivity contribution is -0.137. The highest BCUT2D eigenvalue weighted by atomic mass is 16.4. The van der Waals surface area contributed by atoms with Crippen molar-refractivity contribution >= 4 is 17.7 Å². The SMILES string of the molecule is N#Cc1ccccc1N1CCN(C(=O)NCCCC(=O)O)CC1. The Morgan fingerprint density at radius 3 is 2.57 bits per heavy atom. The lowest BCUT2D eigenvalue weighted by Gasteiger charge is -2.36.